The third-order valence-electron chi connectivity index (χ3n) is 8.46. The average molecular weight is 527 g/mol. The molecule has 2 aromatic rings. The predicted octanol–water partition coefficient (Wildman–Crippen LogP) is 9.73. The minimum atomic E-state index is -0.939. The Bertz CT molecular complexity index is 1050. The van der Waals surface area contributed by atoms with Crippen LogP contribution in [-0.4, -0.2) is 6.16 Å². The van der Waals surface area contributed by atoms with Gasteiger partial charge in [-0.2, -0.15) is 0 Å². The van der Waals surface area contributed by atoms with Gasteiger partial charge in [0.25, 0.3) is 0 Å². The highest BCUT2D eigenvalue weighted by molar-refractivity contribution is 5.62. The van der Waals surface area contributed by atoms with Gasteiger partial charge in [-0.15, -0.1) is 0 Å². The molecule has 3 nitrogen and oxygen atoms in total. The first-order valence-electron chi connectivity index (χ1n) is 14.3. The molecule has 0 heterocycles. The summed E-state index contributed by atoms with van der Waals surface area (Å²) in [5.74, 6) is -0.653. The molecule has 0 unspecified atom stereocenters. The van der Waals surface area contributed by atoms with Crippen LogP contribution in [0, 0.1) is 11.6 Å². The molecule has 38 heavy (non-hydrogen) atoms. The fraction of sp³-hybridized carbons (Fsp3) is 0.606. The van der Waals surface area contributed by atoms with Crippen molar-refractivity contribution < 1.29 is 23.0 Å². The summed E-state index contributed by atoms with van der Waals surface area (Å²) in [6.07, 6.45) is 7.37. The first kappa shape index (κ1) is 28.6. The Balaban J connectivity index is 1.69. The van der Waals surface area contributed by atoms with Crippen LogP contribution in [0.5, 0.6) is 0 Å². The number of carbonyl (C=O) groups is 1. The fourth-order valence-corrected chi connectivity index (χ4v) is 6.06. The summed E-state index contributed by atoms with van der Waals surface area (Å²) in [5.41, 5.74) is 0.746. The number of halogens is 2. The van der Waals surface area contributed by atoms with Gasteiger partial charge in [-0.25, -0.2) is 13.6 Å². The van der Waals surface area contributed by atoms with E-state index in [4.69, 9.17) is 9.47 Å². The molecule has 2 aliphatic rings. The smallest absolute Gasteiger partial charge is 0.423 e. The van der Waals surface area contributed by atoms with Crippen LogP contribution in [0.25, 0.3) is 0 Å². The zero-order chi connectivity index (χ0) is 27.8. The lowest BCUT2D eigenvalue weighted by Crippen LogP contribution is -2.40. The summed E-state index contributed by atoms with van der Waals surface area (Å²) in [6, 6.07) is 10.1. The molecule has 4 rings (SSSR count). The van der Waals surface area contributed by atoms with Crippen molar-refractivity contribution in [2.24, 2.45) is 0 Å². The number of carbonyl (C=O) groups excluding carboxylic acids is 1. The predicted molar refractivity (Wildman–Crippen MR) is 147 cm³/mol. The molecule has 0 radical (unpaired) electrons. The summed E-state index contributed by atoms with van der Waals surface area (Å²) in [5, 5.41) is 0. The molecule has 0 aromatic heterocycles. The van der Waals surface area contributed by atoms with Crippen LogP contribution in [0.3, 0.4) is 0 Å². The van der Waals surface area contributed by atoms with Gasteiger partial charge >= 0.3 is 6.16 Å². The second kappa shape index (κ2) is 10.6. The van der Waals surface area contributed by atoms with E-state index < -0.39 is 17.4 Å². The Kier molecular flexibility index (Phi) is 7.99. The van der Waals surface area contributed by atoms with E-state index in [1.165, 1.54) is 12.1 Å². The molecule has 208 valence electrons. The van der Waals surface area contributed by atoms with Crippen molar-refractivity contribution in [2.75, 3.05) is 0 Å². The Labute approximate surface area is 227 Å². The molecule has 0 atom stereocenters. The van der Waals surface area contributed by atoms with Gasteiger partial charge in [-0.1, -0.05) is 66.5 Å². The van der Waals surface area contributed by atoms with E-state index >= 15 is 0 Å². The lowest BCUT2D eigenvalue weighted by atomic mass is 9.76. The highest BCUT2D eigenvalue weighted by Gasteiger charge is 2.44. The minimum absolute atomic E-state index is 0.248. The SMILES string of the molecule is CC(C)(C)c1cc(F)cc(C2(OC(=O)OC3(c4cc(F)cc(C(C)(C)C)c4)CCCCC3)CCCCC2)c1. The standard InChI is InChI=1S/C33H44F2O3/c1-30(2,3)23-17-25(21-27(34)19-23)32(13-9-7-10-14-32)37-29(36)38-33(15-11-8-12-16-33)26-18-24(31(4,5)6)20-28(35)22-26/h17-22H,7-16H2,1-6H3. The molecule has 0 N–H and O–H groups in total. The topological polar surface area (TPSA) is 35.5 Å². The van der Waals surface area contributed by atoms with Gasteiger partial charge in [0.05, 0.1) is 0 Å². The lowest BCUT2D eigenvalue weighted by molar-refractivity contribution is -0.109. The Morgan fingerprint density at radius 2 is 0.947 bits per heavy atom. The Morgan fingerprint density at radius 3 is 1.26 bits per heavy atom. The molecule has 0 amide bonds. The third kappa shape index (κ3) is 6.24. The zero-order valence-corrected chi connectivity index (χ0v) is 24.0. The van der Waals surface area contributed by atoms with Gasteiger partial charge in [0, 0.05) is 0 Å². The maximum Gasteiger partial charge on any atom is 0.510 e. The summed E-state index contributed by atoms with van der Waals surface area (Å²) < 4.78 is 42.2. The lowest BCUT2D eigenvalue weighted by Gasteiger charge is -2.41. The van der Waals surface area contributed by atoms with Gasteiger partial charge in [0.1, 0.15) is 22.8 Å². The van der Waals surface area contributed by atoms with Gasteiger partial charge < -0.3 is 9.47 Å². The first-order chi connectivity index (χ1) is 17.7. The molecule has 2 aliphatic carbocycles. The van der Waals surface area contributed by atoms with E-state index in [9.17, 15) is 13.6 Å². The van der Waals surface area contributed by atoms with Crippen LogP contribution in [0.2, 0.25) is 0 Å². The van der Waals surface area contributed by atoms with Crippen molar-refractivity contribution in [2.45, 2.75) is 128 Å². The molecule has 0 saturated heterocycles. The Hall–Kier alpha value is -2.43. The van der Waals surface area contributed by atoms with Crippen molar-refractivity contribution in [3.63, 3.8) is 0 Å². The van der Waals surface area contributed by atoms with Crippen LogP contribution >= 0.6 is 0 Å². The summed E-state index contributed by atoms with van der Waals surface area (Å²) in [4.78, 5) is 13.6. The van der Waals surface area contributed by atoms with Crippen LogP contribution in [0.1, 0.15) is 128 Å². The molecule has 0 aliphatic heterocycles. The quantitative estimate of drug-likeness (QED) is 0.372. The molecule has 5 heteroatoms. The number of ether oxygens (including phenoxy) is 2. The van der Waals surface area contributed by atoms with Gasteiger partial charge in [-0.3, -0.25) is 0 Å². The molecular formula is C33H44F2O3. The summed E-state index contributed by atoms with van der Waals surface area (Å²) in [7, 11) is 0. The normalized spacial score (nSPS) is 19.6. The van der Waals surface area contributed by atoms with Gasteiger partial charge in [0.2, 0.25) is 0 Å². The van der Waals surface area contributed by atoms with Crippen molar-refractivity contribution in [1.29, 1.82) is 0 Å². The van der Waals surface area contributed by atoms with Crippen molar-refractivity contribution in [1.82, 2.24) is 0 Å². The molecule has 2 aromatic carbocycles. The highest BCUT2D eigenvalue weighted by Crippen LogP contribution is 2.46. The van der Waals surface area contributed by atoms with Gasteiger partial charge in [-0.05, 0) is 109 Å². The van der Waals surface area contributed by atoms with E-state index in [0.29, 0.717) is 36.8 Å². The summed E-state index contributed by atoms with van der Waals surface area (Å²) in [6.45, 7) is 12.3. The monoisotopic (exact) mass is 526 g/mol. The van der Waals surface area contributed by atoms with E-state index in [-0.39, 0.29) is 22.5 Å². The van der Waals surface area contributed by atoms with Gasteiger partial charge in [0.15, 0.2) is 0 Å². The summed E-state index contributed by atoms with van der Waals surface area (Å²) >= 11 is 0. The first-order valence-corrected chi connectivity index (χ1v) is 14.3. The molecule has 2 saturated carbocycles. The second-order valence-electron chi connectivity index (χ2n) is 13.5. The van der Waals surface area contributed by atoms with Crippen molar-refractivity contribution >= 4 is 6.16 Å². The molecular weight excluding hydrogens is 482 g/mol. The van der Waals surface area contributed by atoms with E-state index in [1.807, 2.05) is 53.7 Å². The van der Waals surface area contributed by atoms with Crippen LogP contribution in [0.4, 0.5) is 13.6 Å². The van der Waals surface area contributed by atoms with E-state index in [0.717, 1.165) is 49.7 Å². The molecule has 0 bridgehead atoms. The maximum atomic E-state index is 14.8. The fourth-order valence-electron chi connectivity index (χ4n) is 6.06. The molecule has 0 spiro atoms. The number of hydrogen-bond acceptors (Lipinski definition) is 3. The number of benzene rings is 2. The highest BCUT2D eigenvalue weighted by atomic mass is 19.1. The van der Waals surface area contributed by atoms with Crippen molar-refractivity contribution in [3.05, 3.63) is 70.3 Å². The maximum absolute atomic E-state index is 14.8. The van der Waals surface area contributed by atoms with Crippen LogP contribution in [-0.2, 0) is 31.5 Å². The average Bonchev–Trinajstić information content (AvgIpc) is 2.83. The van der Waals surface area contributed by atoms with E-state index in [1.54, 1.807) is 12.1 Å². The second-order valence-corrected chi connectivity index (χ2v) is 13.5. The number of hydrogen-bond donors (Lipinski definition) is 0. The Morgan fingerprint density at radius 1 is 0.605 bits per heavy atom. The van der Waals surface area contributed by atoms with Crippen molar-refractivity contribution in [3.8, 4) is 0 Å². The minimum Gasteiger partial charge on any atom is -0.423 e. The molecule has 2 fully saturated rings. The van der Waals surface area contributed by atoms with Crippen LogP contribution < -0.4 is 0 Å². The third-order valence-corrected chi connectivity index (χ3v) is 8.46. The van der Waals surface area contributed by atoms with Crippen LogP contribution in [0.15, 0.2) is 36.4 Å². The number of rotatable bonds is 4. The van der Waals surface area contributed by atoms with E-state index in [2.05, 4.69) is 0 Å². The zero-order valence-electron chi connectivity index (χ0n) is 24.0. The largest absolute Gasteiger partial charge is 0.510 e.